The number of thiazole rings is 1. The number of esters is 1. The number of likely N-dealkylation sites (tertiary alicyclic amines) is 1. The molecule has 2 aromatic heterocycles. The second kappa shape index (κ2) is 29.0. The standard InChI is InChI=1S/C61H79F3N8O12S/c1-35(2)51(65)57(76)72(83-34-73)38(5)59(78)84-42-28-48(56(75)66-29-39-15-17-40(18-16-39)54-37(4)67-33-85-54)70(30-42)58(77)55(60(6,7)8)69-49(74)31-81-22-21-79-19-20-80-23-24-82-41-26-45(62)50(46(63)27-41)53-52-44(43-13-11-12-14-47(43)68-52)25-36(3)71(53)32-61(9,10)64/h11-18,26-27,33-36,38,42,48,51,53,55,68H,19-25,28-32,65H2,1-10H3,(H,66,75)(H,69,74)/t36-,38+,42-,48+,51+,53-,55-/m1/s1. The zero-order valence-corrected chi connectivity index (χ0v) is 50.7. The summed E-state index contributed by atoms with van der Waals surface area (Å²) >= 11 is 1.51. The number of fused-ring (bicyclic) bond motifs is 3. The van der Waals surface area contributed by atoms with E-state index in [2.05, 4.69) is 20.6 Å². The topological polar surface area (TPSA) is 246 Å². The third-order valence-corrected chi connectivity index (χ3v) is 15.9. The summed E-state index contributed by atoms with van der Waals surface area (Å²) in [6, 6.07) is 11.5. The second-order valence-electron chi connectivity index (χ2n) is 23.5. The maximum Gasteiger partial charge on any atom is 0.332 e. The lowest BCUT2D eigenvalue weighted by Gasteiger charge is -2.43. The molecule has 0 saturated carbocycles. The van der Waals surface area contributed by atoms with Crippen molar-refractivity contribution in [3.8, 4) is 16.2 Å². The zero-order valence-electron chi connectivity index (χ0n) is 49.8. The van der Waals surface area contributed by atoms with Crippen LogP contribution in [0.2, 0.25) is 0 Å². The number of para-hydroxylation sites is 1. The summed E-state index contributed by atoms with van der Waals surface area (Å²) in [4.78, 5) is 96.9. The highest BCUT2D eigenvalue weighted by molar-refractivity contribution is 7.13. The van der Waals surface area contributed by atoms with Crippen LogP contribution in [-0.4, -0.2) is 162 Å². The van der Waals surface area contributed by atoms with Gasteiger partial charge < -0.3 is 54.8 Å². The molecule has 20 nitrogen and oxygen atoms in total. The van der Waals surface area contributed by atoms with Crippen molar-refractivity contribution >= 4 is 58.3 Å². The number of hydrogen-bond acceptors (Lipinski definition) is 16. The van der Waals surface area contributed by atoms with Gasteiger partial charge in [-0.05, 0) is 75.1 Å². The molecule has 0 aliphatic carbocycles. The highest BCUT2D eigenvalue weighted by Gasteiger charge is 2.47. The van der Waals surface area contributed by atoms with E-state index in [0.29, 0.717) is 17.2 Å². The van der Waals surface area contributed by atoms with E-state index in [0.717, 1.165) is 50.3 Å². The SMILES string of the molecule is Cc1ncsc1-c1ccc(CNC(=O)[C@@H]2C[C@@H](OC(=O)[C@H](C)N(OC=O)C(=O)[C@@H](N)C(C)C)CN2C(=O)[C@@H](NC(=O)COCCOCCOCCOc2cc(F)c([C@@H]3c4[nH]c5ccccc5c4C[C@@H](C)N3CC(C)(C)F)c(F)c2)C(C)(C)C)cc1. The van der Waals surface area contributed by atoms with Crippen LogP contribution in [0.15, 0.2) is 66.2 Å². The van der Waals surface area contributed by atoms with E-state index in [1.807, 2.05) is 67.3 Å². The minimum absolute atomic E-state index is 0.000216. The van der Waals surface area contributed by atoms with Gasteiger partial charge in [0.1, 0.15) is 54.5 Å². The molecule has 2 aliphatic rings. The van der Waals surface area contributed by atoms with Gasteiger partial charge in [0.05, 0.1) is 67.7 Å². The van der Waals surface area contributed by atoms with Crippen LogP contribution >= 0.6 is 11.3 Å². The van der Waals surface area contributed by atoms with Crippen molar-refractivity contribution in [1.29, 1.82) is 0 Å². The maximum atomic E-state index is 16.1. The number of hydrogen-bond donors (Lipinski definition) is 4. The van der Waals surface area contributed by atoms with Crippen molar-refractivity contribution in [2.45, 2.75) is 137 Å². The van der Waals surface area contributed by atoms with Crippen molar-refractivity contribution < 1.29 is 70.5 Å². The number of H-pyrrole nitrogens is 1. The number of aryl methyl sites for hydroxylation is 1. The van der Waals surface area contributed by atoms with E-state index >= 15 is 13.2 Å². The Kier molecular flexibility index (Phi) is 22.3. The van der Waals surface area contributed by atoms with Gasteiger partial charge in [0.2, 0.25) is 17.7 Å². The average molecular weight is 1210 g/mol. The number of nitrogens with zero attached hydrogens (tertiary/aromatic N) is 4. The molecular weight excluding hydrogens is 1130 g/mol. The van der Waals surface area contributed by atoms with Gasteiger partial charge in [-0.2, -0.15) is 5.06 Å². The van der Waals surface area contributed by atoms with E-state index in [1.165, 1.54) is 37.0 Å². The van der Waals surface area contributed by atoms with Crippen LogP contribution in [0.3, 0.4) is 0 Å². The third kappa shape index (κ3) is 16.7. The molecule has 5 N–H and O–H groups in total. The lowest BCUT2D eigenvalue weighted by atomic mass is 9.85. The van der Waals surface area contributed by atoms with Gasteiger partial charge in [-0.15, -0.1) is 11.3 Å². The van der Waals surface area contributed by atoms with Crippen LogP contribution in [0, 0.1) is 29.9 Å². The van der Waals surface area contributed by atoms with Gasteiger partial charge in [-0.25, -0.2) is 22.9 Å². The molecule has 7 rings (SSSR count). The molecule has 2 aliphatic heterocycles. The summed E-state index contributed by atoms with van der Waals surface area (Å²) in [6.45, 7) is 16.4. The largest absolute Gasteiger partial charge is 0.491 e. The first kappa shape index (κ1) is 65.6. The van der Waals surface area contributed by atoms with Crippen LogP contribution in [-0.2, 0) is 65.5 Å². The number of carbonyl (C=O) groups is 6. The Balaban J connectivity index is 0.883. The number of ether oxygens (including phenoxy) is 5. The highest BCUT2D eigenvalue weighted by Crippen LogP contribution is 2.44. The fourth-order valence-corrected chi connectivity index (χ4v) is 11.3. The van der Waals surface area contributed by atoms with Gasteiger partial charge in [0.15, 0.2) is 6.04 Å². The summed E-state index contributed by atoms with van der Waals surface area (Å²) in [5, 5.41) is 7.16. The number of carbonyl (C=O) groups excluding carboxylic acids is 6. The molecule has 1 fully saturated rings. The number of benzene rings is 3. The quantitative estimate of drug-likeness (QED) is 0.0170. The molecule has 7 atom stereocenters. The molecule has 24 heteroatoms. The Morgan fingerprint density at radius 2 is 1.58 bits per heavy atom. The number of nitrogens with two attached hydrogens (primary N) is 1. The van der Waals surface area contributed by atoms with E-state index in [9.17, 15) is 28.8 Å². The number of nitrogens with one attached hydrogen (secondary N) is 3. The lowest BCUT2D eigenvalue weighted by molar-refractivity contribution is -0.204. The highest BCUT2D eigenvalue weighted by atomic mass is 32.1. The van der Waals surface area contributed by atoms with Crippen LogP contribution in [0.25, 0.3) is 21.3 Å². The first-order valence-electron chi connectivity index (χ1n) is 28.4. The molecule has 0 unspecified atom stereocenters. The van der Waals surface area contributed by atoms with Crippen molar-refractivity contribution in [2.75, 3.05) is 59.3 Å². The van der Waals surface area contributed by atoms with E-state index in [1.54, 1.807) is 40.1 Å². The van der Waals surface area contributed by atoms with Crippen molar-refractivity contribution in [1.82, 2.24) is 35.5 Å². The van der Waals surface area contributed by atoms with Crippen molar-refractivity contribution in [3.63, 3.8) is 0 Å². The van der Waals surface area contributed by atoms with Crippen molar-refractivity contribution in [3.05, 3.63) is 106 Å². The van der Waals surface area contributed by atoms with Gasteiger partial charge in [0.25, 0.3) is 5.91 Å². The summed E-state index contributed by atoms with van der Waals surface area (Å²) in [5.74, 6) is -5.68. The molecule has 3 aromatic carbocycles. The van der Waals surface area contributed by atoms with Gasteiger partial charge in [-0.3, -0.25) is 28.9 Å². The molecule has 4 heterocycles. The molecule has 1 saturated heterocycles. The third-order valence-electron chi connectivity index (χ3n) is 14.9. The molecule has 4 amide bonds. The first-order valence-corrected chi connectivity index (χ1v) is 29.3. The average Bonchev–Trinajstić information content (AvgIpc) is 2.37. The fraction of sp³-hybridized carbons (Fsp3) is 0.525. The number of alkyl halides is 1. The van der Waals surface area contributed by atoms with E-state index in [-0.39, 0.29) is 95.4 Å². The van der Waals surface area contributed by atoms with E-state index in [4.69, 9.17) is 34.3 Å². The second-order valence-corrected chi connectivity index (χ2v) is 24.4. The Labute approximate surface area is 497 Å². The molecule has 0 spiro atoms. The molecule has 462 valence electrons. The monoisotopic (exact) mass is 1200 g/mol. The van der Waals surface area contributed by atoms with Crippen LogP contribution in [0.1, 0.15) is 103 Å². The molecule has 5 aromatic rings. The lowest BCUT2D eigenvalue weighted by Crippen LogP contribution is -2.58. The van der Waals surface area contributed by atoms with Crippen LogP contribution in [0.4, 0.5) is 13.2 Å². The first-order chi connectivity index (χ1) is 40.3. The summed E-state index contributed by atoms with van der Waals surface area (Å²) in [7, 11) is 0. The Morgan fingerprint density at radius 1 is 0.929 bits per heavy atom. The number of aromatic nitrogens is 2. The Morgan fingerprint density at radius 3 is 2.19 bits per heavy atom. The Bertz CT molecular complexity index is 3110. The van der Waals surface area contributed by atoms with Crippen LogP contribution in [0.5, 0.6) is 5.75 Å². The zero-order chi connectivity index (χ0) is 61.9. The fourth-order valence-electron chi connectivity index (χ4n) is 10.5. The molecule has 85 heavy (non-hydrogen) atoms. The van der Waals surface area contributed by atoms with E-state index < -0.39 is 95.2 Å². The van der Waals surface area contributed by atoms with Gasteiger partial charge in [-0.1, -0.05) is 77.1 Å². The van der Waals surface area contributed by atoms with Gasteiger partial charge >= 0.3 is 12.4 Å². The summed E-state index contributed by atoms with van der Waals surface area (Å²) in [6.07, 6.45) is -0.628. The molecule has 0 bridgehead atoms. The minimum atomic E-state index is -1.64. The number of aromatic amines is 1. The number of amides is 4. The predicted octanol–water partition coefficient (Wildman–Crippen LogP) is 7.04. The summed E-state index contributed by atoms with van der Waals surface area (Å²) < 4.78 is 75.7. The molecular formula is C61H79F3N8O12S. The maximum absolute atomic E-state index is 16.1. The van der Waals surface area contributed by atoms with Crippen LogP contribution < -0.4 is 21.1 Å². The minimum Gasteiger partial charge on any atom is -0.491 e. The number of hydroxylamine groups is 2. The Hall–Kier alpha value is -6.96. The van der Waals surface area contributed by atoms with Gasteiger partial charge in [0, 0.05) is 59.8 Å². The number of halogens is 3. The smallest absolute Gasteiger partial charge is 0.332 e. The number of rotatable bonds is 28. The molecule has 0 radical (unpaired) electrons. The predicted molar refractivity (Wildman–Crippen MR) is 311 cm³/mol. The normalized spacial score (nSPS) is 18.4. The van der Waals surface area contributed by atoms with Crippen molar-refractivity contribution in [2.24, 2.45) is 17.1 Å². The summed E-state index contributed by atoms with van der Waals surface area (Å²) in [5.41, 5.74) is 10.1.